The van der Waals surface area contributed by atoms with Crippen molar-refractivity contribution in [3.8, 4) is 11.8 Å². The first-order valence-corrected chi connectivity index (χ1v) is 10.3. The van der Waals surface area contributed by atoms with Gasteiger partial charge >= 0.3 is 0 Å². The Morgan fingerprint density at radius 2 is 1.79 bits per heavy atom. The van der Waals surface area contributed by atoms with Gasteiger partial charge in [-0.25, -0.2) is 0 Å². The fourth-order valence-electron chi connectivity index (χ4n) is 3.31. The maximum absolute atomic E-state index is 12.6. The number of nitrogens with one attached hydrogen (secondary N) is 1. The Hall–Kier alpha value is -2.85. The number of aromatic nitrogens is 1. The average Bonchev–Trinajstić information content (AvgIpc) is 2.97. The monoisotopic (exact) mass is 495 g/mol. The number of aryl methyl sites for hydroxylation is 3. The molecular weight excluding hydrogens is 473 g/mol. The Morgan fingerprint density at radius 3 is 2.45 bits per heavy atom. The van der Waals surface area contributed by atoms with Gasteiger partial charge in [0.2, 0.25) is 0 Å². The molecule has 0 unspecified atom stereocenters. The van der Waals surface area contributed by atoms with Crippen LogP contribution in [0.25, 0.3) is 11.8 Å². The van der Waals surface area contributed by atoms with E-state index < -0.39 is 5.91 Å². The molecule has 146 valence electrons. The normalized spacial score (nSPS) is 11.2. The SMILES string of the molecule is Cc1cc(-n2c(C)cc(/C=C(\C#N)C(=O)Nc3ccccc3C)c2C)ccc1I. The lowest BCUT2D eigenvalue weighted by Crippen LogP contribution is -2.14. The highest BCUT2D eigenvalue weighted by atomic mass is 127. The van der Waals surface area contributed by atoms with Crippen LogP contribution in [0.2, 0.25) is 0 Å². The molecule has 0 bridgehead atoms. The predicted octanol–water partition coefficient (Wildman–Crippen LogP) is 5.86. The van der Waals surface area contributed by atoms with Crippen LogP contribution in [0.15, 0.2) is 54.1 Å². The van der Waals surface area contributed by atoms with E-state index in [9.17, 15) is 10.1 Å². The minimum absolute atomic E-state index is 0.0762. The molecule has 0 aliphatic heterocycles. The molecule has 2 aromatic carbocycles. The summed E-state index contributed by atoms with van der Waals surface area (Å²) in [4.78, 5) is 12.6. The van der Waals surface area contributed by atoms with E-state index in [4.69, 9.17) is 0 Å². The third-order valence-corrected chi connectivity index (χ3v) is 6.14. The van der Waals surface area contributed by atoms with Gasteiger partial charge in [-0.15, -0.1) is 0 Å². The van der Waals surface area contributed by atoms with E-state index in [1.807, 2.05) is 57.2 Å². The first kappa shape index (κ1) is 20.9. The number of para-hydroxylation sites is 1. The third-order valence-electron chi connectivity index (χ3n) is 4.93. The summed E-state index contributed by atoms with van der Waals surface area (Å²) in [6, 6.07) is 17.9. The molecule has 1 heterocycles. The Morgan fingerprint density at radius 1 is 1.07 bits per heavy atom. The van der Waals surface area contributed by atoms with Crippen molar-refractivity contribution in [1.29, 1.82) is 5.26 Å². The maximum Gasteiger partial charge on any atom is 0.266 e. The summed E-state index contributed by atoms with van der Waals surface area (Å²) in [6.45, 7) is 8.03. The number of benzene rings is 2. The lowest BCUT2D eigenvalue weighted by atomic mass is 10.1. The molecule has 3 rings (SSSR count). The lowest BCUT2D eigenvalue weighted by Gasteiger charge is -2.11. The van der Waals surface area contributed by atoms with Crippen LogP contribution in [-0.4, -0.2) is 10.5 Å². The molecule has 0 spiro atoms. The third kappa shape index (κ3) is 4.43. The van der Waals surface area contributed by atoms with E-state index in [0.29, 0.717) is 5.69 Å². The summed E-state index contributed by atoms with van der Waals surface area (Å²) < 4.78 is 3.36. The van der Waals surface area contributed by atoms with Crippen molar-refractivity contribution in [2.45, 2.75) is 27.7 Å². The largest absolute Gasteiger partial charge is 0.321 e. The van der Waals surface area contributed by atoms with Gasteiger partial charge in [-0.3, -0.25) is 4.79 Å². The summed E-state index contributed by atoms with van der Waals surface area (Å²) in [5, 5.41) is 12.4. The molecule has 5 heteroatoms. The molecule has 1 amide bonds. The van der Waals surface area contributed by atoms with Crippen molar-refractivity contribution in [2.24, 2.45) is 0 Å². The summed E-state index contributed by atoms with van der Waals surface area (Å²) in [5.74, 6) is -0.406. The average molecular weight is 495 g/mol. The van der Waals surface area contributed by atoms with Crippen molar-refractivity contribution < 1.29 is 4.79 Å². The predicted molar refractivity (Wildman–Crippen MR) is 126 cm³/mol. The van der Waals surface area contributed by atoms with Crippen LogP contribution in [0.4, 0.5) is 5.69 Å². The number of carbonyl (C=O) groups is 1. The highest BCUT2D eigenvalue weighted by molar-refractivity contribution is 14.1. The van der Waals surface area contributed by atoms with Gasteiger partial charge in [-0.2, -0.15) is 5.26 Å². The van der Waals surface area contributed by atoms with E-state index in [-0.39, 0.29) is 5.57 Å². The second-order valence-corrected chi connectivity index (χ2v) is 8.20. The van der Waals surface area contributed by atoms with E-state index >= 15 is 0 Å². The van der Waals surface area contributed by atoms with Crippen molar-refractivity contribution in [1.82, 2.24) is 4.57 Å². The van der Waals surface area contributed by atoms with E-state index in [2.05, 4.69) is 57.6 Å². The topological polar surface area (TPSA) is 57.8 Å². The van der Waals surface area contributed by atoms with Crippen LogP contribution >= 0.6 is 22.6 Å². The Kier molecular flexibility index (Phi) is 6.23. The number of hydrogen-bond acceptors (Lipinski definition) is 2. The number of anilines is 1. The van der Waals surface area contributed by atoms with Gasteiger partial charge in [0.15, 0.2) is 0 Å². The van der Waals surface area contributed by atoms with Gasteiger partial charge in [0.1, 0.15) is 11.6 Å². The molecule has 29 heavy (non-hydrogen) atoms. The van der Waals surface area contributed by atoms with E-state index in [1.54, 1.807) is 6.08 Å². The summed E-state index contributed by atoms with van der Waals surface area (Å²) >= 11 is 2.32. The molecule has 0 atom stereocenters. The zero-order chi connectivity index (χ0) is 21.1. The van der Waals surface area contributed by atoms with Crippen molar-refractivity contribution in [2.75, 3.05) is 5.32 Å². The van der Waals surface area contributed by atoms with Crippen molar-refractivity contribution in [3.05, 3.63) is 85.8 Å². The van der Waals surface area contributed by atoms with Gasteiger partial charge in [0.25, 0.3) is 5.91 Å². The fourth-order valence-corrected chi connectivity index (χ4v) is 3.64. The molecule has 0 aliphatic carbocycles. The molecule has 0 fully saturated rings. The fraction of sp³-hybridized carbons (Fsp3) is 0.167. The first-order valence-electron chi connectivity index (χ1n) is 9.26. The standard InChI is InChI=1S/C24H22IN3O/c1-15-7-5-6-8-23(15)27-24(29)20(14-26)13-19-12-17(3)28(18(19)4)21-9-10-22(25)16(2)11-21/h5-13H,1-4H3,(H,27,29)/b20-13+. The number of amides is 1. The molecule has 0 aliphatic rings. The second kappa shape index (κ2) is 8.66. The Labute approximate surface area is 185 Å². The van der Waals surface area contributed by atoms with E-state index in [1.165, 1.54) is 9.13 Å². The number of nitrogens with zero attached hydrogens (tertiary/aromatic N) is 2. The second-order valence-electron chi connectivity index (χ2n) is 7.03. The summed E-state index contributed by atoms with van der Waals surface area (Å²) in [5.41, 5.74) is 6.90. The van der Waals surface area contributed by atoms with Crippen LogP contribution in [-0.2, 0) is 4.79 Å². The van der Waals surface area contributed by atoms with Gasteiger partial charge in [0, 0.05) is 26.3 Å². The maximum atomic E-state index is 12.6. The van der Waals surface area contributed by atoms with Crippen molar-refractivity contribution >= 4 is 40.3 Å². The summed E-state index contributed by atoms with van der Waals surface area (Å²) in [6.07, 6.45) is 1.66. The molecule has 3 aromatic rings. The number of rotatable bonds is 4. The number of carbonyl (C=O) groups excluding carboxylic acids is 1. The van der Waals surface area contributed by atoms with Gasteiger partial charge in [0.05, 0.1) is 0 Å². The van der Waals surface area contributed by atoms with Gasteiger partial charge in [-0.1, -0.05) is 18.2 Å². The highest BCUT2D eigenvalue weighted by Crippen LogP contribution is 2.25. The number of nitriles is 1. The van der Waals surface area contributed by atoms with Crippen molar-refractivity contribution in [3.63, 3.8) is 0 Å². The van der Waals surface area contributed by atoms with Gasteiger partial charge < -0.3 is 9.88 Å². The molecule has 0 saturated heterocycles. The minimum atomic E-state index is -0.406. The Balaban J connectivity index is 1.96. The molecule has 1 aromatic heterocycles. The van der Waals surface area contributed by atoms with Crippen LogP contribution in [0.3, 0.4) is 0 Å². The smallest absolute Gasteiger partial charge is 0.266 e. The molecule has 4 nitrogen and oxygen atoms in total. The van der Waals surface area contributed by atoms with Crippen LogP contribution < -0.4 is 5.32 Å². The van der Waals surface area contributed by atoms with Crippen LogP contribution in [0, 0.1) is 42.6 Å². The van der Waals surface area contributed by atoms with E-state index in [0.717, 1.165) is 28.2 Å². The van der Waals surface area contributed by atoms with Crippen LogP contribution in [0.5, 0.6) is 0 Å². The molecule has 1 N–H and O–H groups in total. The highest BCUT2D eigenvalue weighted by Gasteiger charge is 2.15. The zero-order valence-corrected chi connectivity index (χ0v) is 19.0. The number of halogens is 1. The lowest BCUT2D eigenvalue weighted by molar-refractivity contribution is -0.112. The number of hydrogen-bond donors (Lipinski definition) is 1. The first-order chi connectivity index (χ1) is 13.8. The summed E-state index contributed by atoms with van der Waals surface area (Å²) in [7, 11) is 0. The zero-order valence-electron chi connectivity index (χ0n) is 16.9. The quantitative estimate of drug-likeness (QED) is 0.280. The molecule has 0 saturated carbocycles. The van der Waals surface area contributed by atoms with Crippen LogP contribution in [0.1, 0.15) is 28.1 Å². The minimum Gasteiger partial charge on any atom is -0.321 e. The van der Waals surface area contributed by atoms with Gasteiger partial charge in [-0.05, 0) is 103 Å². The Bertz CT molecular complexity index is 1170. The molecular formula is C24H22IN3O. The molecule has 0 radical (unpaired) electrons.